The first-order valence-corrected chi connectivity index (χ1v) is 24.1. The molecule has 1 heterocycles. The zero-order chi connectivity index (χ0) is 35.9. The molecule has 4 saturated carbocycles. The maximum atomic E-state index is 7.17. The molecule has 4 nitrogen and oxygen atoms in total. The molecule has 4 aliphatic carbocycles. The second kappa shape index (κ2) is 15.6. The van der Waals surface area contributed by atoms with Crippen molar-refractivity contribution < 1.29 is 18.6 Å². The second-order valence-corrected chi connectivity index (χ2v) is 25.1. The minimum atomic E-state index is -1.80. The van der Waals surface area contributed by atoms with Gasteiger partial charge in [-0.3, -0.25) is 0 Å². The quantitative estimate of drug-likeness (QED) is 0.160. The third-order valence-electron chi connectivity index (χ3n) is 16.1. The Balaban J connectivity index is 1.18. The van der Waals surface area contributed by atoms with E-state index in [0.717, 1.165) is 43.3 Å². The Hall–Kier alpha value is -0.723. The summed E-state index contributed by atoms with van der Waals surface area (Å²) in [6.07, 6.45) is 17.5. The zero-order valence-electron chi connectivity index (χ0n) is 34.0. The van der Waals surface area contributed by atoms with Crippen LogP contribution in [0.25, 0.3) is 0 Å². The van der Waals surface area contributed by atoms with Crippen molar-refractivity contribution in [1.29, 1.82) is 0 Å². The summed E-state index contributed by atoms with van der Waals surface area (Å²) in [6, 6.07) is 10.9. The summed E-state index contributed by atoms with van der Waals surface area (Å²) in [5.74, 6) is 4.95. The molecule has 1 saturated heterocycles. The topological polar surface area (TPSA) is 36.9 Å². The lowest BCUT2D eigenvalue weighted by Gasteiger charge is -2.63. The third kappa shape index (κ3) is 8.03. The highest BCUT2D eigenvalue weighted by Crippen LogP contribution is 2.69. The standard InChI is InChI=1S/C45H76O4Si/c1-31(2)39(49-50(9,10)43(4,5)6)22-19-32(3)36-20-21-37-42-38(24-26-45(36,37)8)44(7)25-23-35(48-41-18-14-15-27-46-41)28-34(44)29-40(42)47-30-33-16-12-11-13-17-33/h11-13,16-17,31-32,34-42H,14-15,18-30H2,1-10H3/t32-,34?,35+,36-,37+,38+,39?,40-,41?,42+,44+,45-/m1/s1. The van der Waals surface area contributed by atoms with Gasteiger partial charge in [0, 0.05) is 12.7 Å². The van der Waals surface area contributed by atoms with E-state index in [9.17, 15) is 0 Å². The minimum Gasteiger partial charge on any atom is -0.414 e. The van der Waals surface area contributed by atoms with Crippen LogP contribution in [0.4, 0.5) is 0 Å². The van der Waals surface area contributed by atoms with Gasteiger partial charge in [-0.25, -0.2) is 0 Å². The molecule has 284 valence electrons. The summed E-state index contributed by atoms with van der Waals surface area (Å²) in [7, 11) is -1.80. The van der Waals surface area contributed by atoms with Gasteiger partial charge in [0.1, 0.15) is 0 Å². The summed E-state index contributed by atoms with van der Waals surface area (Å²) in [4.78, 5) is 0. The highest BCUT2D eigenvalue weighted by atomic mass is 28.4. The Labute approximate surface area is 309 Å². The van der Waals surface area contributed by atoms with E-state index in [2.05, 4.69) is 98.8 Å². The van der Waals surface area contributed by atoms with Gasteiger partial charge in [0.05, 0.1) is 18.8 Å². The molecule has 1 aliphatic heterocycles. The van der Waals surface area contributed by atoms with Gasteiger partial charge in [-0.15, -0.1) is 0 Å². The number of benzene rings is 1. The van der Waals surface area contributed by atoms with Crippen LogP contribution < -0.4 is 0 Å². The van der Waals surface area contributed by atoms with E-state index in [-0.39, 0.29) is 11.3 Å². The largest absolute Gasteiger partial charge is 0.414 e. The van der Waals surface area contributed by atoms with Gasteiger partial charge in [-0.05, 0) is 159 Å². The van der Waals surface area contributed by atoms with E-state index in [0.29, 0.717) is 46.9 Å². The lowest BCUT2D eigenvalue weighted by atomic mass is 9.43. The molecular formula is C45H76O4Si. The van der Waals surface area contributed by atoms with Crippen molar-refractivity contribution in [2.45, 2.75) is 188 Å². The SMILES string of the molecule is CC(C)C(CC[C@@H](C)[C@H]1CC[C@H]2[C@@H]3[C@H](OCc4ccccc4)CC4C[C@@H](OC5CCCCO5)CC[C@]4(C)[C@H]3CC[C@]12C)O[Si](C)(C)C(C)(C)C. The van der Waals surface area contributed by atoms with Gasteiger partial charge < -0.3 is 18.6 Å². The van der Waals surface area contributed by atoms with Gasteiger partial charge in [0.25, 0.3) is 0 Å². The average molecular weight is 709 g/mol. The van der Waals surface area contributed by atoms with E-state index in [4.69, 9.17) is 18.6 Å². The van der Waals surface area contributed by atoms with Crippen LogP contribution in [0.15, 0.2) is 30.3 Å². The van der Waals surface area contributed by atoms with E-state index in [1.54, 1.807) is 0 Å². The zero-order valence-corrected chi connectivity index (χ0v) is 35.0. The normalized spacial score (nSPS) is 39.0. The van der Waals surface area contributed by atoms with E-state index >= 15 is 0 Å². The molecule has 0 spiro atoms. The van der Waals surface area contributed by atoms with E-state index in [1.165, 1.54) is 82.6 Å². The summed E-state index contributed by atoms with van der Waals surface area (Å²) in [5, 5.41) is 0.251. The number of fused-ring (bicyclic) bond motifs is 5. The molecule has 5 fully saturated rings. The van der Waals surface area contributed by atoms with Crippen molar-refractivity contribution in [2.75, 3.05) is 6.61 Å². The van der Waals surface area contributed by atoms with Crippen LogP contribution in [0.1, 0.15) is 144 Å². The van der Waals surface area contributed by atoms with Gasteiger partial charge in [-0.2, -0.15) is 0 Å². The first-order chi connectivity index (χ1) is 23.6. The smallest absolute Gasteiger partial charge is 0.192 e. The van der Waals surface area contributed by atoms with Crippen LogP contribution in [0.5, 0.6) is 0 Å². The molecule has 0 radical (unpaired) electrons. The summed E-state index contributed by atoms with van der Waals surface area (Å²) >= 11 is 0. The fraction of sp³-hybridized carbons (Fsp3) is 0.867. The second-order valence-electron chi connectivity index (χ2n) is 20.3. The lowest BCUT2D eigenvalue weighted by Crippen LogP contribution is -2.59. The first kappa shape index (κ1) is 39.0. The Morgan fingerprint density at radius 3 is 2.26 bits per heavy atom. The monoisotopic (exact) mass is 709 g/mol. The maximum Gasteiger partial charge on any atom is 0.192 e. The van der Waals surface area contributed by atoms with Crippen molar-refractivity contribution in [1.82, 2.24) is 0 Å². The first-order valence-electron chi connectivity index (χ1n) is 21.2. The molecule has 0 bridgehead atoms. The van der Waals surface area contributed by atoms with Crippen molar-refractivity contribution >= 4 is 8.32 Å². The lowest BCUT2D eigenvalue weighted by molar-refractivity contribution is -0.226. The minimum absolute atomic E-state index is 0.0156. The van der Waals surface area contributed by atoms with Crippen LogP contribution in [-0.2, 0) is 25.2 Å². The molecule has 1 aromatic carbocycles. The molecule has 6 rings (SSSR count). The highest BCUT2D eigenvalue weighted by molar-refractivity contribution is 6.74. The molecule has 0 amide bonds. The number of hydrogen-bond acceptors (Lipinski definition) is 4. The molecule has 5 heteroatoms. The van der Waals surface area contributed by atoms with E-state index in [1.807, 2.05) is 0 Å². The maximum absolute atomic E-state index is 7.17. The van der Waals surface area contributed by atoms with E-state index < -0.39 is 8.32 Å². The summed E-state index contributed by atoms with van der Waals surface area (Å²) in [6.45, 7) is 26.4. The van der Waals surface area contributed by atoms with Gasteiger partial charge >= 0.3 is 0 Å². The predicted octanol–water partition coefficient (Wildman–Crippen LogP) is 12.2. The summed E-state index contributed by atoms with van der Waals surface area (Å²) in [5.41, 5.74) is 2.11. The Kier molecular flexibility index (Phi) is 12.1. The Bertz CT molecular complexity index is 1220. The van der Waals surface area contributed by atoms with Gasteiger partial charge in [-0.1, -0.05) is 85.7 Å². The van der Waals surface area contributed by atoms with Crippen LogP contribution in [-0.4, -0.2) is 39.5 Å². The Morgan fingerprint density at radius 1 is 0.860 bits per heavy atom. The number of rotatable bonds is 12. The van der Waals surface area contributed by atoms with Crippen LogP contribution in [0.3, 0.4) is 0 Å². The van der Waals surface area contributed by atoms with Crippen LogP contribution >= 0.6 is 0 Å². The van der Waals surface area contributed by atoms with Crippen molar-refractivity contribution in [3.63, 3.8) is 0 Å². The van der Waals surface area contributed by atoms with Crippen LogP contribution in [0, 0.1) is 52.3 Å². The molecule has 5 aliphatic rings. The number of ether oxygens (including phenoxy) is 3. The number of hydrogen-bond donors (Lipinski definition) is 0. The van der Waals surface area contributed by atoms with Gasteiger partial charge in [0.2, 0.25) is 0 Å². The summed E-state index contributed by atoms with van der Waals surface area (Å²) < 4.78 is 27.0. The van der Waals surface area contributed by atoms with Crippen molar-refractivity contribution in [3.8, 4) is 0 Å². The molecule has 0 N–H and O–H groups in total. The van der Waals surface area contributed by atoms with Crippen molar-refractivity contribution in [3.05, 3.63) is 35.9 Å². The highest BCUT2D eigenvalue weighted by Gasteiger charge is 2.63. The van der Waals surface area contributed by atoms with Crippen molar-refractivity contribution in [2.24, 2.45) is 52.3 Å². The molecule has 3 unspecified atom stereocenters. The molecular weight excluding hydrogens is 633 g/mol. The molecule has 12 atom stereocenters. The molecule has 50 heavy (non-hydrogen) atoms. The third-order valence-corrected chi connectivity index (χ3v) is 20.6. The Morgan fingerprint density at radius 2 is 1.58 bits per heavy atom. The van der Waals surface area contributed by atoms with Gasteiger partial charge in [0.15, 0.2) is 14.6 Å². The predicted molar refractivity (Wildman–Crippen MR) is 209 cm³/mol. The van der Waals surface area contributed by atoms with Crippen LogP contribution in [0.2, 0.25) is 18.1 Å². The average Bonchev–Trinajstić information content (AvgIpc) is 3.43. The molecule has 1 aromatic rings. The fourth-order valence-corrected chi connectivity index (χ4v) is 13.5. The fourth-order valence-electron chi connectivity index (χ4n) is 12.0. The molecule has 0 aromatic heterocycles.